The van der Waals surface area contributed by atoms with Crippen molar-refractivity contribution in [3.63, 3.8) is 0 Å². The van der Waals surface area contributed by atoms with Gasteiger partial charge in [-0.3, -0.25) is 4.98 Å². The first kappa shape index (κ1) is 14.6. The molecule has 0 amide bonds. The third kappa shape index (κ3) is 2.71. The average Bonchev–Trinajstić information content (AvgIpc) is 2.62. The van der Waals surface area contributed by atoms with E-state index in [9.17, 15) is 0 Å². The Kier molecular flexibility index (Phi) is 3.91. The van der Waals surface area contributed by atoms with Crippen molar-refractivity contribution in [3.05, 3.63) is 72.1 Å². The monoisotopic (exact) mass is 301 g/mol. The molecule has 1 aromatic heterocycles. The number of allylic oxidation sites excluding steroid dienone is 1. The Bertz CT molecular complexity index is 932. The van der Waals surface area contributed by atoms with Gasteiger partial charge in [0.1, 0.15) is 6.07 Å². The van der Waals surface area contributed by atoms with Crippen LogP contribution >= 0.6 is 0 Å². The van der Waals surface area contributed by atoms with E-state index in [4.69, 9.17) is 16.8 Å². The maximum absolute atomic E-state index is 9.05. The highest BCUT2D eigenvalue weighted by Gasteiger charge is 2.08. The summed E-state index contributed by atoms with van der Waals surface area (Å²) in [7, 11) is 0. The number of hydrazine groups is 1. The van der Waals surface area contributed by atoms with Crippen LogP contribution in [0.2, 0.25) is 0 Å². The summed E-state index contributed by atoms with van der Waals surface area (Å²) in [5.41, 5.74) is 12.4. The smallest absolute Gasteiger partial charge is 0.151 e. The Morgan fingerprint density at radius 1 is 1.09 bits per heavy atom. The van der Waals surface area contributed by atoms with E-state index in [0.29, 0.717) is 5.70 Å². The number of hydrogen-bond acceptors (Lipinski definition) is 5. The molecular formula is C18H15N5. The summed E-state index contributed by atoms with van der Waals surface area (Å²) in [6, 6.07) is 19.6. The van der Waals surface area contributed by atoms with E-state index in [1.807, 2.05) is 60.7 Å². The number of aromatic nitrogens is 1. The van der Waals surface area contributed by atoms with E-state index in [-0.39, 0.29) is 5.70 Å². The molecule has 5 N–H and O–H groups in total. The predicted octanol–water partition coefficient (Wildman–Crippen LogP) is 2.52. The molecule has 0 unspecified atom stereocenters. The van der Waals surface area contributed by atoms with Gasteiger partial charge in [-0.2, -0.15) is 5.26 Å². The van der Waals surface area contributed by atoms with E-state index in [1.165, 1.54) is 0 Å². The van der Waals surface area contributed by atoms with Crippen LogP contribution in [0.3, 0.4) is 0 Å². The van der Waals surface area contributed by atoms with Crippen molar-refractivity contribution in [2.75, 3.05) is 0 Å². The van der Waals surface area contributed by atoms with Crippen LogP contribution in [-0.2, 0) is 0 Å². The van der Waals surface area contributed by atoms with Crippen LogP contribution in [0.5, 0.6) is 0 Å². The van der Waals surface area contributed by atoms with Crippen molar-refractivity contribution in [2.45, 2.75) is 0 Å². The van der Waals surface area contributed by atoms with Crippen molar-refractivity contribution in [1.82, 2.24) is 10.4 Å². The van der Waals surface area contributed by atoms with E-state index in [2.05, 4.69) is 10.4 Å². The van der Waals surface area contributed by atoms with Crippen LogP contribution in [0.1, 0.15) is 5.56 Å². The van der Waals surface area contributed by atoms with Gasteiger partial charge in [0, 0.05) is 22.7 Å². The van der Waals surface area contributed by atoms with Crippen LogP contribution in [-0.4, -0.2) is 4.98 Å². The van der Waals surface area contributed by atoms with E-state index in [1.54, 1.807) is 6.20 Å². The summed E-state index contributed by atoms with van der Waals surface area (Å²) < 4.78 is 0. The minimum Gasteiger partial charge on any atom is -0.396 e. The van der Waals surface area contributed by atoms with Gasteiger partial charge < -0.3 is 11.2 Å². The van der Waals surface area contributed by atoms with Gasteiger partial charge in [-0.15, -0.1) is 0 Å². The number of nitriles is 1. The Morgan fingerprint density at radius 3 is 2.65 bits per heavy atom. The third-order valence-electron chi connectivity index (χ3n) is 3.64. The summed E-state index contributed by atoms with van der Waals surface area (Å²) >= 11 is 0. The maximum Gasteiger partial charge on any atom is 0.151 e. The fourth-order valence-corrected chi connectivity index (χ4v) is 2.51. The molecule has 23 heavy (non-hydrogen) atoms. The molecule has 0 bridgehead atoms. The Balaban J connectivity index is 2.17. The molecule has 3 rings (SSSR count). The van der Waals surface area contributed by atoms with Crippen molar-refractivity contribution < 1.29 is 0 Å². The molecule has 2 aromatic carbocycles. The molecule has 0 aliphatic carbocycles. The van der Waals surface area contributed by atoms with Gasteiger partial charge >= 0.3 is 0 Å². The summed E-state index contributed by atoms with van der Waals surface area (Å²) in [5, 5.41) is 10.1. The molecule has 0 saturated carbocycles. The number of pyridine rings is 1. The first-order chi connectivity index (χ1) is 11.2. The van der Waals surface area contributed by atoms with E-state index < -0.39 is 0 Å². The molecule has 5 heteroatoms. The van der Waals surface area contributed by atoms with Crippen molar-refractivity contribution >= 4 is 16.6 Å². The van der Waals surface area contributed by atoms with Gasteiger partial charge in [0.05, 0.1) is 11.2 Å². The molecular weight excluding hydrogens is 286 g/mol. The standard InChI is InChI=1S/C18H15N5/c19-11-16(23-21)17(20)14-6-1-5-13(10-14)15-8-2-4-12-7-3-9-22-18(12)15/h1-10,23H,20-21H2/b17-16-. The van der Waals surface area contributed by atoms with E-state index >= 15 is 0 Å². The number of fused-ring (bicyclic) bond motifs is 1. The molecule has 1 heterocycles. The van der Waals surface area contributed by atoms with Crippen LogP contribution in [0, 0.1) is 11.3 Å². The quantitative estimate of drug-likeness (QED) is 0.392. The Hall–Kier alpha value is -3.36. The number of rotatable bonds is 3. The van der Waals surface area contributed by atoms with Gasteiger partial charge in [-0.1, -0.05) is 42.5 Å². The molecule has 0 aliphatic heterocycles. The molecule has 0 saturated heterocycles. The molecule has 5 nitrogen and oxygen atoms in total. The summed E-state index contributed by atoms with van der Waals surface area (Å²) in [6.07, 6.45) is 1.77. The molecule has 0 spiro atoms. The molecule has 112 valence electrons. The molecule has 0 fully saturated rings. The predicted molar refractivity (Wildman–Crippen MR) is 91.2 cm³/mol. The summed E-state index contributed by atoms with van der Waals surface area (Å²) in [4.78, 5) is 4.47. The zero-order valence-corrected chi connectivity index (χ0v) is 12.3. The lowest BCUT2D eigenvalue weighted by Gasteiger charge is -2.09. The zero-order chi connectivity index (χ0) is 16.2. The lowest BCUT2D eigenvalue weighted by atomic mass is 9.99. The van der Waals surface area contributed by atoms with Gasteiger partial charge in [0.2, 0.25) is 0 Å². The van der Waals surface area contributed by atoms with Crippen LogP contribution < -0.4 is 17.0 Å². The first-order valence-electron chi connectivity index (χ1n) is 7.05. The van der Waals surface area contributed by atoms with Gasteiger partial charge in [-0.25, -0.2) is 5.84 Å². The first-order valence-corrected chi connectivity index (χ1v) is 7.05. The number of nitrogens with zero attached hydrogens (tertiary/aromatic N) is 2. The lowest BCUT2D eigenvalue weighted by Crippen LogP contribution is -2.23. The zero-order valence-electron chi connectivity index (χ0n) is 12.3. The van der Waals surface area contributed by atoms with Crippen molar-refractivity contribution in [2.24, 2.45) is 11.6 Å². The topological polar surface area (TPSA) is 101 Å². The second-order valence-electron chi connectivity index (χ2n) is 5.01. The normalized spacial score (nSPS) is 11.7. The number of hydrogen-bond donors (Lipinski definition) is 3. The third-order valence-corrected chi connectivity index (χ3v) is 3.64. The van der Waals surface area contributed by atoms with Crippen LogP contribution in [0.25, 0.3) is 27.7 Å². The fraction of sp³-hybridized carbons (Fsp3) is 0. The summed E-state index contributed by atoms with van der Waals surface area (Å²) in [6.45, 7) is 0. The van der Waals surface area contributed by atoms with Crippen molar-refractivity contribution in [3.8, 4) is 17.2 Å². The minimum atomic E-state index is 0.137. The highest BCUT2D eigenvalue weighted by atomic mass is 15.2. The van der Waals surface area contributed by atoms with Crippen LogP contribution in [0.4, 0.5) is 0 Å². The number of nitrogens with one attached hydrogen (secondary N) is 1. The van der Waals surface area contributed by atoms with Gasteiger partial charge in [0.25, 0.3) is 0 Å². The average molecular weight is 301 g/mol. The van der Waals surface area contributed by atoms with Crippen LogP contribution in [0.15, 0.2) is 66.5 Å². The second kappa shape index (κ2) is 6.18. The number of para-hydroxylation sites is 1. The molecule has 0 atom stereocenters. The van der Waals surface area contributed by atoms with Gasteiger partial charge in [0.15, 0.2) is 5.70 Å². The van der Waals surface area contributed by atoms with Gasteiger partial charge in [-0.05, 0) is 17.7 Å². The Labute approximate surface area is 133 Å². The van der Waals surface area contributed by atoms with E-state index in [0.717, 1.165) is 27.6 Å². The molecule has 3 aromatic rings. The highest BCUT2D eigenvalue weighted by molar-refractivity contribution is 5.94. The molecule has 0 radical (unpaired) electrons. The SMILES string of the molecule is N#C/C(NN)=C(/N)c1cccc(-c2cccc3cccnc23)c1. The summed E-state index contributed by atoms with van der Waals surface area (Å²) in [5.74, 6) is 5.32. The number of nitrogens with two attached hydrogens (primary N) is 2. The number of benzene rings is 2. The molecule has 0 aliphatic rings. The maximum atomic E-state index is 9.05. The largest absolute Gasteiger partial charge is 0.396 e. The minimum absolute atomic E-state index is 0.137. The lowest BCUT2D eigenvalue weighted by molar-refractivity contribution is 0.920. The highest BCUT2D eigenvalue weighted by Crippen LogP contribution is 2.28. The Morgan fingerprint density at radius 2 is 1.87 bits per heavy atom. The fourth-order valence-electron chi connectivity index (χ4n) is 2.51. The van der Waals surface area contributed by atoms with Crippen molar-refractivity contribution in [1.29, 1.82) is 5.26 Å². The second-order valence-corrected chi connectivity index (χ2v) is 5.01.